The van der Waals surface area contributed by atoms with Crippen LogP contribution in [0.25, 0.3) is 11.1 Å². The molecule has 0 aromatic heterocycles. The molecular formula is C31H32N2O5. The van der Waals surface area contributed by atoms with Crippen LogP contribution in [-0.4, -0.2) is 42.6 Å². The Balaban J connectivity index is 1.23. The summed E-state index contributed by atoms with van der Waals surface area (Å²) in [4.78, 5) is 39.6. The van der Waals surface area contributed by atoms with Crippen molar-refractivity contribution in [1.29, 1.82) is 0 Å². The monoisotopic (exact) mass is 512 g/mol. The number of fused-ring (bicyclic) bond motifs is 3. The molecule has 7 nitrogen and oxygen atoms in total. The van der Waals surface area contributed by atoms with Gasteiger partial charge < -0.3 is 14.8 Å². The number of carbonyl (C=O) groups excluding carboxylic acids is 3. The summed E-state index contributed by atoms with van der Waals surface area (Å²) in [6, 6.07) is 24.6. The van der Waals surface area contributed by atoms with E-state index in [1.807, 2.05) is 66.7 Å². The van der Waals surface area contributed by atoms with Crippen molar-refractivity contribution in [2.75, 3.05) is 13.2 Å². The van der Waals surface area contributed by atoms with E-state index in [0.29, 0.717) is 19.4 Å². The summed E-state index contributed by atoms with van der Waals surface area (Å²) >= 11 is 0. The van der Waals surface area contributed by atoms with Crippen molar-refractivity contribution < 1.29 is 23.9 Å². The number of ketones is 1. The molecule has 1 saturated heterocycles. The molecule has 1 aliphatic carbocycles. The standard InChI is InChI=1S/C31H32N2O5/c1-21(28(34)31(17-9-10-18-32-31)29(35)37-19-22-11-3-2-4-12-22)33-30(36)38-20-27-25-15-7-5-13-23(25)24-14-6-8-16-26(24)27/h2-8,11-16,21,27,32H,9-10,17-20H2,1H3,(H,33,36)/t21-,31?/m0/s1. The summed E-state index contributed by atoms with van der Waals surface area (Å²) < 4.78 is 11.2. The molecule has 7 heteroatoms. The minimum atomic E-state index is -1.50. The number of nitrogens with one attached hydrogen (secondary N) is 2. The SMILES string of the molecule is C[C@H](NC(=O)OCC1c2ccccc2-c2ccccc21)C(=O)C1(C(=O)OCc2ccccc2)CCCCN1. The number of piperidine rings is 1. The smallest absolute Gasteiger partial charge is 0.407 e. The molecular weight excluding hydrogens is 480 g/mol. The first-order valence-electron chi connectivity index (χ1n) is 13.1. The summed E-state index contributed by atoms with van der Waals surface area (Å²) in [5.74, 6) is -1.13. The van der Waals surface area contributed by atoms with Crippen LogP contribution in [0.1, 0.15) is 48.8 Å². The van der Waals surface area contributed by atoms with E-state index in [0.717, 1.165) is 34.2 Å². The third-order valence-corrected chi connectivity index (χ3v) is 7.46. The van der Waals surface area contributed by atoms with Crippen LogP contribution in [0.4, 0.5) is 4.79 Å². The number of hydrogen-bond donors (Lipinski definition) is 2. The summed E-state index contributed by atoms with van der Waals surface area (Å²) in [6.07, 6.45) is 1.18. The molecule has 196 valence electrons. The van der Waals surface area contributed by atoms with Gasteiger partial charge in [0.15, 0.2) is 11.3 Å². The van der Waals surface area contributed by atoms with Crippen molar-refractivity contribution in [1.82, 2.24) is 10.6 Å². The molecule has 38 heavy (non-hydrogen) atoms. The zero-order valence-corrected chi connectivity index (χ0v) is 21.4. The molecule has 2 atom stereocenters. The van der Waals surface area contributed by atoms with Crippen molar-refractivity contribution in [2.45, 2.75) is 50.3 Å². The molecule has 1 fully saturated rings. The number of rotatable bonds is 8. The van der Waals surface area contributed by atoms with Gasteiger partial charge in [0.25, 0.3) is 0 Å². The summed E-state index contributed by atoms with van der Waals surface area (Å²) in [5.41, 5.74) is 3.83. The third-order valence-electron chi connectivity index (χ3n) is 7.46. The first kappa shape index (κ1) is 25.7. The molecule has 1 amide bonds. The topological polar surface area (TPSA) is 93.7 Å². The van der Waals surface area contributed by atoms with Crippen LogP contribution in [0.2, 0.25) is 0 Å². The molecule has 1 unspecified atom stereocenters. The predicted octanol–water partition coefficient (Wildman–Crippen LogP) is 4.74. The maximum absolute atomic E-state index is 13.6. The van der Waals surface area contributed by atoms with Gasteiger partial charge in [0, 0.05) is 5.92 Å². The van der Waals surface area contributed by atoms with Crippen molar-refractivity contribution in [3.8, 4) is 11.1 Å². The van der Waals surface area contributed by atoms with Crippen molar-refractivity contribution >= 4 is 17.8 Å². The van der Waals surface area contributed by atoms with Crippen LogP contribution >= 0.6 is 0 Å². The minimum Gasteiger partial charge on any atom is -0.459 e. The predicted molar refractivity (Wildman–Crippen MR) is 143 cm³/mol. The van der Waals surface area contributed by atoms with Crippen molar-refractivity contribution in [2.24, 2.45) is 0 Å². The number of amides is 1. The molecule has 5 rings (SSSR count). The number of alkyl carbamates (subject to hydrolysis) is 1. The highest BCUT2D eigenvalue weighted by atomic mass is 16.5. The van der Waals surface area contributed by atoms with Gasteiger partial charge >= 0.3 is 12.1 Å². The van der Waals surface area contributed by atoms with Crippen LogP contribution in [0, 0.1) is 0 Å². The second kappa shape index (κ2) is 11.2. The van der Waals surface area contributed by atoms with Crippen LogP contribution in [0.5, 0.6) is 0 Å². The second-order valence-corrected chi connectivity index (χ2v) is 9.91. The fourth-order valence-corrected chi connectivity index (χ4v) is 5.49. The summed E-state index contributed by atoms with van der Waals surface area (Å²) in [5, 5.41) is 5.75. The van der Waals surface area contributed by atoms with E-state index in [1.165, 1.54) is 0 Å². The van der Waals surface area contributed by atoms with Gasteiger partial charge in [0.05, 0.1) is 6.04 Å². The van der Waals surface area contributed by atoms with Crippen LogP contribution in [0.15, 0.2) is 78.9 Å². The fourth-order valence-electron chi connectivity index (χ4n) is 5.49. The number of Topliss-reactive ketones (excluding diaryl/α,β-unsaturated/α-hetero) is 1. The lowest BCUT2D eigenvalue weighted by atomic mass is 9.82. The fraction of sp³-hybridized carbons (Fsp3) is 0.323. The molecule has 3 aromatic rings. The van der Waals surface area contributed by atoms with Gasteiger partial charge in [0.1, 0.15) is 13.2 Å². The van der Waals surface area contributed by atoms with Gasteiger partial charge in [-0.1, -0.05) is 78.9 Å². The zero-order chi connectivity index (χ0) is 26.5. The molecule has 0 radical (unpaired) electrons. The molecule has 1 aliphatic heterocycles. The number of esters is 1. The summed E-state index contributed by atoms with van der Waals surface area (Å²) in [7, 11) is 0. The Morgan fingerprint density at radius 3 is 2.16 bits per heavy atom. The average Bonchev–Trinajstić information content (AvgIpc) is 3.29. The third kappa shape index (κ3) is 5.07. The first-order valence-corrected chi connectivity index (χ1v) is 13.1. The Bertz CT molecular complexity index is 1270. The maximum Gasteiger partial charge on any atom is 0.407 e. The molecule has 0 bridgehead atoms. The van der Waals surface area contributed by atoms with E-state index < -0.39 is 29.4 Å². The first-order chi connectivity index (χ1) is 18.5. The van der Waals surface area contributed by atoms with Crippen molar-refractivity contribution in [3.05, 3.63) is 95.6 Å². The highest BCUT2D eigenvalue weighted by molar-refractivity contribution is 6.11. The highest BCUT2D eigenvalue weighted by Gasteiger charge is 2.49. The van der Waals surface area contributed by atoms with Crippen LogP contribution in [-0.2, 0) is 25.7 Å². The van der Waals surface area contributed by atoms with Crippen molar-refractivity contribution in [3.63, 3.8) is 0 Å². The van der Waals surface area contributed by atoms with Gasteiger partial charge in [-0.2, -0.15) is 0 Å². The second-order valence-electron chi connectivity index (χ2n) is 9.91. The number of ether oxygens (including phenoxy) is 2. The maximum atomic E-state index is 13.6. The quantitative estimate of drug-likeness (QED) is 0.335. The van der Waals surface area contributed by atoms with Gasteiger partial charge in [-0.25, -0.2) is 9.59 Å². The lowest BCUT2D eigenvalue weighted by Gasteiger charge is -2.36. The van der Waals surface area contributed by atoms with Gasteiger partial charge in [-0.3, -0.25) is 10.1 Å². The highest BCUT2D eigenvalue weighted by Crippen LogP contribution is 2.44. The van der Waals surface area contributed by atoms with Gasteiger partial charge in [-0.15, -0.1) is 0 Å². The van der Waals surface area contributed by atoms with Crippen LogP contribution < -0.4 is 10.6 Å². The Labute approximate surface area is 222 Å². The van der Waals surface area contributed by atoms with E-state index in [1.54, 1.807) is 6.92 Å². The Kier molecular flexibility index (Phi) is 7.56. The molecule has 2 aliphatic rings. The molecule has 0 spiro atoms. The number of hydrogen-bond acceptors (Lipinski definition) is 6. The number of benzene rings is 3. The summed E-state index contributed by atoms with van der Waals surface area (Å²) in [6.45, 7) is 2.31. The largest absolute Gasteiger partial charge is 0.459 e. The van der Waals surface area contributed by atoms with E-state index in [4.69, 9.17) is 9.47 Å². The zero-order valence-electron chi connectivity index (χ0n) is 21.4. The van der Waals surface area contributed by atoms with Crippen LogP contribution in [0.3, 0.4) is 0 Å². The molecule has 2 N–H and O–H groups in total. The lowest BCUT2D eigenvalue weighted by molar-refractivity contribution is -0.159. The minimum absolute atomic E-state index is 0.0740. The average molecular weight is 513 g/mol. The normalized spacial score (nSPS) is 19.1. The van der Waals surface area contributed by atoms with E-state index in [2.05, 4.69) is 22.8 Å². The van der Waals surface area contributed by atoms with E-state index in [-0.39, 0.29) is 19.1 Å². The molecule has 3 aromatic carbocycles. The van der Waals surface area contributed by atoms with Gasteiger partial charge in [0.2, 0.25) is 0 Å². The lowest BCUT2D eigenvalue weighted by Crippen LogP contribution is -2.65. The van der Waals surface area contributed by atoms with E-state index >= 15 is 0 Å². The molecule has 0 saturated carbocycles. The molecule has 1 heterocycles. The Morgan fingerprint density at radius 1 is 0.895 bits per heavy atom. The van der Waals surface area contributed by atoms with Gasteiger partial charge in [-0.05, 0) is 60.5 Å². The number of carbonyl (C=O) groups is 3. The Morgan fingerprint density at radius 2 is 1.53 bits per heavy atom. The Hall–Kier alpha value is -3.97. The van der Waals surface area contributed by atoms with E-state index in [9.17, 15) is 14.4 Å².